The molecular formula is C15H16Cl2F2N2O2S2. The summed E-state index contributed by atoms with van der Waals surface area (Å²) in [6.45, 7) is 1.08. The molecule has 2 aromatic rings. The number of hydrogen-bond donors (Lipinski definition) is 2. The van der Waals surface area contributed by atoms with Crippen molar-refractivity contribution in [2.45, 2.75) is 22.6 Å². The third-order valence-electron chi connectivity index (χ3n) is 3.97. The summed E-state index contributed by atoms with van der Waals surface area (Å²) >= 11 is 6.77. The van der Waals surface area contributed by atoms with Gasteiger partial charge in [-0.2, -0.15) is 0 Å². The van der Waals surface area contributed by atoms with Gasteiger partial charge in [-0.05, 0) is 42.8 Å². The predicted molar refractivity (Wildman–Crippen MR) is 97.3 cm³/mol. The molecule has 0 radical (unpaired) electrons. The Kier molecular flexibility index (Phi) is 6.80. The molecule has 10 heteroatoms. The van der Waals surface area contributed by atoms with Gasteiger partial charge in [-0.1, -0.05) is 17.7 Å². The first kappa shape index (κ1) is 20.5. The summed E-state index contributed by atoms with van der Waals surface area (Å²) in [5.74, 6) is -2.10. The van der Waals surface area contributed by atoms with Crippen molar-refractivity contribution in [2.24, 2.45) is 0 Å². The Morgan fingerprint density at radius 2 is 1.96 bits per heavy atom. The van der Waals surface area contributed by atoms with Crippen LogP contribution in [0.3, 0.4) is 0 Å². The van der Waals surface area contributed by atoms with E-state index < -0.39 is 27.7 Å². The van der Waals surface area contributed by atoms with E-state index in [4.69, 9.17) is 11.6 Å². The van der Waals surface area contributed by atoms with Crippen molar-refractivity contribution in [1.29, 1.82) is 0 Å². The number of sulfonamides is 1. The van der Waals surface area contributed by atoms with E-state index in [1.165, 1.54) is 18.2 Å². The molecule has 25 heavy (non-hydrogen) atoms. The summed E-state index contributed by atoms with van der Waals surface area (Å²) in [6.07, 6.45) is 0.615. The standard InChI is InChI=1S/C15H15ClF2N2O2S2.ClH/c16-14-3-4-15(23-14)24(21,22)20-13-8-19-6-5-10(13)9-1-2-11(17)12(18)7-9;/h1-4,7,10,13,19-20H,5-6,8H2;1H. The minimum atomic E-state index is -3.72. The van der Waals surface area contributed by atoms with Crippen LogP contribution in [-0.2, 0) is 10.0 Å². The Labute approximate surface area is 160 Å². The zero-order valence-corrected chi connectivity index (χ0v) is 16.0. The highest BCUT2D eigenvalue weighted by Gasteiger charge is 2.31. The van der Waals surface area contributed by atoms with Crippen molar-refractivity contribution >= 4 is 45.4 Å². The van der Waals surface area contributed by atoms with Gasteiger partial charge in [0.15, 0.2) is 11.6 Å². The molecule has 2 heterocycles. The Balaban J connectivity index is 0.00000225. The quantitative estimate of drug-likeness (QED) is 0.782. The number of hydrogen-bond acceptors (Lipinski definition) is 4. The van der Waals surface area contributed by atoms with E-state index in [1.807, 2.05) is 0 Å². The van der Waals surface area contributed by atoms with Gasteiger partial charge in [-0.15, -0.1) is 23.7 Å². The Morgan fingerprint density at radius 1 is 1.20 bits per heavy atom. The molecule has 0 amide bonds. The number of benzene rings is 1. The zero-order valence-electron chi connectivity index (χ0n) is 12.8. The van der Waals surface area contributed by atoms with Crippen LogP contribution in [0.25, 0.3) is 0 Å². The maximum atomic E-state index is 13.5. The van der Waals surface area contributed by atoms with Gasteiger partial charge in [0.25, 0.3) is 0 Å². The molecule has 1 aliphatic heterocycles. The van der Waals surface area contributed by atoms with E-state index >= 15 is 0 Å². The van der Waals surface area contributed by atoms with Crippen LogP contribution in [0.15, 0.2) is 34.5 Å². The minimum absolute atomic E-state index is 0. The summed E-state index contributed by atoms with van der Waals surface area (Å²) < 4.78 is 54.8. The van der Waals surface area contributed by atoms with E-state index in [0.29, 0.717) is 29.4 Å². The highest BCUT2D eigenvalue weighted by atomic mass is 35.5. The summed E-state index contributed by atoms with van der Waals surface area (Å²) in [7, 11) is -3.72. The molecular weight excluding hydrogens is 413 g/mol. The van der Waals surface area contributed by atoms with Gasteiger partial charge in [0.05, 0.1) is 4.34 Å². The molecule has 1 aliphatic rings. The van der Waals surface area contributed by atoms with Crippen LogP contribution in [0, 0.1) is 11.6 Å². The molecule has 0 aliphatic carbocycles. The van der Waals surface area contributed by atoms with E-state index in [2.05, 4.69) is 10.0 Å². The molecule has 1 aromatic heterocycles. The lowest BCUT2D eigenvalue weighted by Crippen LogP contribution is -2.49. The minimum Gasteiger partial charge on any atom is -0.315 e. The third-order valence-corrected chi connectivity index (χ3v) is 7.19. The molecule has 1 aromatic carbocycles. The lowest BCUT2D eigenvalue weighted by Gasteiger charge is -2.32. The smallest absolute Gasteiger partial charge is 0.250 e. The Bertz CT molecular complexity index is 846. The molecule has 3 rings (SSSR count). The van der Waals surface area contributed by atoms with Crippen molar-refractivity contribution in [1.82, 2.24) is 10.0 Å². The fourth-order valence-corrected chi connectivity index (χ4v) is 5.60. The van der Waals surface area contributed by atoms with E-state index in [-0.39, 0.29) is 22.5 Å². The van der Waals surface area contributed by atoms with Crippen molar-refractivity contribution < 1.29 is 17.2 Å². The van der Waals surface area contributed by atoms with Crippen LogP contribution in [0.5, 0.6) is 0 Å². The van der Waals surface area contributed by atoms with Crippen molar-refractivity contribution in [3.63, 3.8) is 0 Å². The number of nitrogens with one attached hydrogen (secondary N) is 2. The van der Waals surface area contributed by atoms with Crippen LogP contribution in [0.1, 0.15) is 17.9 Å². The van der Waals surface area contributed by atoms with Crippen molar-refractivity contribution in [2.75, 3.05) is 13.1 Å². The Morgan fingerprint density at radius 3 is 2.60 bits per heavy atom. The van der Waals surface area contributed by atoms with Gasteiger partial charge >= 0.3 is 0 Å². The summed E-state index contributed by atoms with van der Waals surface area (Å²) in [5, 5.41) is 3.12. The summed E-state index contributed by atoms with van der Waals surface area (Å²) in [5.41, 5.74) is 0.576. The second-order valence-electron chi connectivity index (χ2n) is 5.56. The largest absolute Gasteiger partial charge is 0.315 e. The first-order chi connectivity index (χ1) is 11.4. The van der Waals surface area contributed by atoms with E-state index in [9.17, 15) is 17.2 Å². The van der Waals surface area contributed by atoms with Crippen LogP contribution >= 0.6 is 35.3 Å². The molecule has 1 fully saturated rings. The predicted octanol–water partition coefficient (Wildman–Crippen LogP) is 3.53. The van der Waals surface area contributed by atoms with Crippen LogP contribution in [0.4, 0.5) is 8.78 Å². The Hall–Kier alpha value is -0.770. The molecule has 0 bridgehead atoms. The van der Waals surface area contributed by atoms with E-state index in [1.54, 1.807) is 0 Å². The molecule has 2 N–H and O–H groups in total. The highest BCUT2D eigenvalue weighted by Crippen LogP contribution is 2.30. The molecule has 1 saturated heterocycles. The number of halogens is 4. The SMILES string of the molecule is Cl.O=S(=O)(NC1CNCCC1c1ccc(F)c(F)c1)c1ccc(Cl)s1. The lowest BCUT2D eigenvalue weighted by atomic mass is 9.86. The number of thiophene rings is 1. The molecule has 0 spiro atoms. The molecule has 0 saturated carbocycles. The second kappa shape index (κ2) is 8.28. The zero-order chi connectivity index (χ0) is 17.3. The van der Waals surface area contributed by atoms with Gasteiger partial charge in [0.2, 0.25) is 10.0 Å². The number of rotatable bonds is 4. The molecule has 2 unspecified atom stereocenters. The van der Waals surface area contributed by atoms with Gasteiger partial charge in [0, 0.05) is 18.5 Å². The number of piperidine rings is 1. The lowest BCUT2D eigenvalue weighted by molar-refractivity contribution is 0.376. The van der Waals surface area contributed by atoms with Crippen LogP contribution in [0.2, 0.25) is 4.34 Å². The average molecular weight is 429 g/mol. The molecule has 138 valence electrons. The first-order valence-corrected chi connectivity index (χ1v) is 9.98. The van der Waals surface area contributed by atoms with Gasteiger partial charge in [-0.3, -0.25) is 0 Å². The fraction of sp³-hybridized carbons (Fsp3) is 0.333. The fourth-order valence-electron chi connectivity index (χ4n) is 2.82. The van der Waals surface area contributed by atoms with Crippen LogP contribution in [-0.4, -0.2) is 27.5 Å². The van der Waals surface area contributed by atoms with Crippen molar-refractivity contribution in [3.05, 3.63) is 51.9 Å². The van der Waals surface area contributed by atoms with Gasteiger partial charge < -0.3 is 5.32 Å². The van der Waals surface area contributed by atoms with Gasteiger partial charge in [0.1, 0.15) is 4.21 Å². The van der Waals surface area contributed by atoms with Gasteiger partial charge in [-0.25, -0.2) is 21.9 Å². The topological polar surface area (TPSA) is 58.2 Å². The average Bonchev–Trinajstić information content (AvgIpc) is 2.98. The molecule has 2 atom stereocenters. The summed E-state index contributed by atoms with van der Waals surface area (Å²) in [6, 6.07) is 6.20. The maximum Gasteiger partial charge on any atom is 0.250 e. The third kappa shape index (κ3) is 4.69. The van der Waals surface area contributed by atoms with E-state index in [0.717, 1.165) is 23.5 Å². The second-order valence-corrected chi connectivity index (χ2v) is 9.22. The van der Waals surface area contributed by atoms with Crippen LogP contribution < -0.4 is 10.0 Å². The monoisotopic (exact) mass is 428 g/mol. The molecule has 4 nitrogen and oxygen atoms in total. The first-order valence-electron chi connectivity index (χ1n) is 7.30. The normalized spacial score (nSPS) is 20.9. The maximum absolute atomic E-state index is 13.5. The van der Waals surface area contributed by atoms with Crippen molar-refractivity contribution in [3.8, 4) is 0 Å². The summed E-state index contributed by atoms with van der Waals surface area (Å²) in [4.78, 5) is 0. The highest BCUT2D eigenvalue weighted by molar-refractivity contribution is 7.91.